The van der Waals surface area contributed by atoms with Crippen LogP contribution in [0, 0.1) is 0 Å². The molecule has 0 fully saturated rings. The minimum atomic E-state index is 0.667. The lowest BCUT2D eigenvalue weighted by molar-refractivity contribution is 1.46. The minimum Gasteiger partial charge on any atom is -0.296 e. The molecule has 11 heavy (non-hydrogen) atoms. The fraction of sp³-hybridized carbons (Fsp3) is 0.125. The van der Waals surface area contributed by atoms with Gasteiger partial charge in [-0.1, -0.05) is 23.2 Å². The molecule has 0 unspecified atom stereocenters. The monoisotopic (exact) mass is 187 g/mol. The van der Waals surface area contributed by atoms with Crippen LogP contribution in [0.15, 0.2) is 23.2 Å². The Bertz CT molecular complexity index is 281. The molecule has 0 atom stereocenters. The molecule has 1 aromatic carbocycles. The molecule has 0 aliphatic rings. The van der Waals surface area contributed by atoms with Gasteiger partial charge in [-0.15, -0.1) is 0 Å². The largest absolute Gasteiger partial charge is 0.296 e. The van der Waals surface area contributed by atoms with Crippen molar-refractivity contribution in [3.63, 3.8) is 0 Å². The Balaban J connectivity index is 3.12. The maximum absolute atomic E-state index is 5.83. The molecule has 0 N–H and O–H groups in total. The first-order chi connectivity index (χ1) is 5.24. The predicted octanol–water partition coefficient (Wildman–Crippen LogP) is 3.04. The first kappa shape index (κ1) is 8.57. The molecule has 0 radical (unpaired) electrons. The smallest absolute Gasteiger partial charge is 0.0494 e. The quantitative estimate of drug-likeness (QED) is 0.600. The minimum absolute atomic E-state index is 0.667. The summed E-state index contributed by atoms with van der Waals surface area (Å²) < 4.78 is 0. The van der Waals surface area contributed by atoms with Crippen LogP contribution in [0.2, 0.25) is 10.0 Å². The highest BCUT2D eigenvalue weighted by atomic mass is 35.5. The Kier molecular flexibility index (Phi) is 2.92. The van der Waals surface area contributed by atoms with Gasteiger partial charge >= 0.3 is 0 Å². The maximum Gasteiger partial charge on any atom is 0.0494 e. The summed E-state index contributed by atoms with van der Waals surface area (Å²) in [5.41, 5.74) is 0.849. The summed E-state index contributed by atoms with van der Waals surface area (Å²) in [5, 5.41) is 1.34. The zero-order valence-corrected chi connectivity index (χ0v) is 7.52. The van der Waals surface area contributed by atoms with Gasteiger partial charge in [0.15, 0.2) is 0 Å². The van der Waals surface area contributed by atoms with Crippen LogP contribution in [0.4, 0.5) is 0 Å². The van der Waals surface area contributed by atoms with Crippen LogP contribution in [0.25, 0.3) is 0 Å². The Morgan fingerprint density at radius 1 is 1.36 bits per heavy atom. The second-order valence-electron chi connectivity index (χ2n) is 2.05. The van der Waals surface area contributed by atoms with Crippen LogP contribution in [-0.2, 0) is 0 Å². The van der Waals surface area contributed by atoms with E-state index < -0.39 is 0 Å². The van der Waals surface area contributed by atoms with Gasteiger partial charge in [0.25, 0.3) is 0 Å². The van der Waals surface area contributed by atoms with Crippen molar-refractivity contribution in [2.45, 2.75) is 0 Å². The number of nitrogens with zero attached hydrogens (tertiary/aromatic N) is 1. The average molecular weight is 188 g/mol. The molecule has 0 aliphatic heterocycles. The lowest BCUT2D eigenvalue weighted by Gasteiger charge is -1.96. The van der Waals surface area contributed by atoms with Gasteiger partial charge in [-0.3, -0.25) is 4.99 Å². The number of hydrogen-bond donors (Lipinski definition) is 0. The summed E-state index contributed by atoms with van der Waals surface area (Å²) in [7, 11) is 1.69. The van der Waals surface area contributed by atoms with Crippen molar-refractivity contribution in [2.24, 2.45) is 4.99 Å². The molecule has 0 saturated carbocycles. The van der Waals surface area contributed by atoms with E-state index in [0.717, 1.165) is 5.56 Å². The molecule has 58 valence electrons. The normalized spacial score (nSPS) is 10.8. The van der Waals surface area contributed by atoms with Crippen LogP contribution >= 0.6 is 23.2 Å². The Morgan fingerprint density at radius 3 is 2.73 bits per heavy atom. The summed E-state index contributed by atoms with van der Waals surface area (Å²) in [6.07, 6.45) is 1.67. The molecule has 1 aromatic rings. The number of benzene rings is 1. The lowest BCUT2D eigenvalue weighted by Crippen LogP contribution is -1.81. The zero-order chi connectivity index (χ0) is 8.27. The summed E-state index contributed by atoms with van der Waals surface area (Å²) in [6, 6.07) is 5.27. The number of aliphatic imine (C=N–C) groups is 1. The third kappa shape index (κ3) is 2.21. The molecule has 0 saturated heterocycles. The first-order valence-electron chi connectivity index (χ1n) is 3.11. The van der Waals surface area contributed by atoms with Gasteiger partial charge in [-0.25, -0.2) is 0 Å². The molecule has 0 amide bonds. The van der Waals surface area contributed by atoms with E-state index in [1.54, 1.807) is 31.5 Å². The molecule has 0 heterocycles. The third-order valence-electron chi connectivity index (χ3n) is 1.23. The Morgan fingerprint density at radius 2 is 2.09 bits per heavy atom. The fourth-order valence-electron chi connectivity index (χ4n) is 0.753. The van der Waals surface area contributed by atoms with Gasteiger partial charge in [-0.05, 0) is 18.2 Å². The highest BCUT2D eigenvalue weighted by molar-refractivity contribution is 6.35. The standard InChI is InChI=1S/C8H7Cl2N/c1-11-5-6-4-7(9)2-3-8(6)10/h2-5H,1H3. The third-order valence-corrected chi connectivity index (χ3v) is 1.81. The second-order valence-corrected chi connectivity index (χ2v) is 2.90. The number of halogens is 2. The predicted molar refractivity (Wildman–Crippen MR) is 50.0 cm³/mol. The molecule has 0 spiro atoms. The Labute approximate surface area is 75.7 Å². The fourth-order valence-corrected chi connectivity index (χ4v) is 1.10. The van der Waals surface area contributed by atoms with Gasteiger partial charge in [0.2, 0.25) is 0 Å². The molecule has 0 aromatic heterocycles. The van der Waals surface area contributed by atoms with Crippen molar-refractivity contribution in [1.82, 2.24) is 0 Å². The van der Waals surface area contributed by atoms with Gasteiger partial charge < -0.3 is 0 Å². The van der Waals surface area contributed by atoms with Crippen molar-refractivity contribution < 1.29 is 0 Å². The van der Waals surface area contributed by atoms with Crippen LogP contribution < -0.4 is 0 Å². The lowest BCUT2D eigenvalue weighted by atomic mass is 10.2. The van der Waals surface area contributed by atoms with E-state index in [2.05, 4.69) is 4.99 Å². The zero-order valence-electron chi connectivity index (χ0n) is 6.01. The van der Waals surface area contributed by atoms with Crippen molar-refractivity contribution in [2.75, 3.05) is 7.05 Å². The number of rotatable bonds is 1. The summed E-state index contributed by atoms with van der Waals surface area (Å²) in [5.74, 6) is 0. The van der Waals surface area contributed by atoms with Crippen molar-refractivity contribution in [3.8, 4) is 0 Å². The topological polar surface area (TPSA) is 12.4 Å². The van der Waals surface area contributed by atoms with Gasteiger partial charge in [0.1, 0.15) is 0 Å². The summed E-state index contributed by atoms with van der Waals surface area (Å²) in [4.78, 5) is 3.84. The van der Waals surface area contributed by atoms with E-state index in [0.29, 0.717) is 10.0 Å². The van der Waals surface area contributed by atoms with Gasteiger partial charge in [-0.2, -0.15) is 0 Å². The first-order valence-corrected chi connectivity index (χ1v) is 3.87. The van der Waals surface area contributed by atoms with Crippen molar-refractivity contribution >= 4 is 29.4 Å². The molecular weight excluding hydrogens is 181 g/mol. The second kappa shape index (κ2) is 3.74. The van der Waals surface area contributed by atoms with E-state index in [1.807, 2.05) is 0 Å². The highest BCUT2D eigenvalue weighted by Gasteiger charge is 1.96. The summed E-state index contributed by atoms with van der Waals surface area (Å²) >= 11 is 11.6. The van der Waals surface area contributed by atoms with Crippen LogP contribution in [0.3, 0.4) is 0 Å². The molecule has 1 rings (SSSR count). The number of hydrogen-bond acceptors (Lipinski definition) is 1. The van der Waals surface area contributed by atoms with Gasteiger partial charge in [0, 0.05) is 28.9 Å². The Hall–Kier alpha value is -0.530. The molecule has 3 heteroatoms. The average Bonchev–Trinajstić information content (AvgIpc) is 1.98. The van der Waals surface area contributed by atoms with Gasteiger partial charge in [0.05, 0.1) is 0 Å². The van der Waals surface area contributed by atoms with Crippen LogP contribution in [0.5, 0.6) is 0 Å². The van der Waals surface area contributed by atoms with E-state index in [4.69, 9.17) is 23.2 Å². The SMILES string of the molecule is CN=Cc1cc(Cl)ccc1Cl. The summed E-state index contributed by atoms with van der Waals surface area (Å²) in [6.45, 7) is 0. The highest BCUT2D eigenvalue weighted by Crippen LogP contribution is 2.18. The molecule has 0 aliphatic carbocycles. The van der Waals surface area contributed by atoms with E-state index in [-0.39, 0.29) is 0 Å². The van der Waals surface area contributed by atoms with Crippen LogP contribution in [-0.4, -0.2) is 13.3 Å². The van der Waals surface area contributed by atoms with Crippen LogP contribution in [0.1, 0.15) is 5.56 Å². The van der Waals surface area contributed by atoms with E-state index >= 15 is 0 Å². The van der Waals surface area contributed by atoms with Crippen molar-refractivity contribution in [1.29, 1.82) is 0 Å². The molecule has 1 nitrogen and oxygen atoms in total. The van der Waals surface area contributed by atoms with E-state index in [9.17, 15) is 0 Å². The van der Waals surface area contributed by atoms with E-state index in [1.165, 1.54) is 0 Å². The molecule has 0 bridgehead atoms. The molecular formula is C8H7Cl2N. The van der Waals surface area contributed by atoms with Crippen molar-refractivity contribution in [3.05, 3.63) is 33.8 Å². The maximum atomic E-state index is 5.83.